The molecule has 2 aromatic carbocycles. The van der Waals surface area contributed by atoms with Crippen LogP contribution in [0, 0.1) is 0 Å². The van der Waals surface area contributed by atoms with Crippen LogP contribution in [0.25, 0.3) is 16.6 Å². The largest absolute Gasteiger partial charge is 0.334 e. The summed E-state index contributed by atoms with van der Waals surface area (Å²) in [5, 5.41) is 0. The van der Waals surface area contributed by atoms with Gasteiger partial charge >= 0.3 is 0 Å². The topological polar surface area (TPSA) is 66.4 Å². The summed E-state index contributed by atoms with van der Waals surface area (Å²) < 4.78 is 8.67. The number of fused-ring (bicyclic) bond motifs is 3. The van der Waals surface area contributed by atoms with Crippen LogP contribution < -0.4 is 0 Å². The summed E-state index contributed by atoms with van der Waals surface area (Å²) in [6.07, 6.45) is 0.527. The molecule has 1 amide bonds. The number of carbonyl (C=O) groups is 2. The highest BCUT2D eigenvalue weighted by Gasteiger charge is 2.46. The van der Waals surface area contributed by atoms with Gasteiger partial charge in [-0.15, -0.1) is 0 Å². The Labute approximate surface area is 183 Å². The van der Waals surface area contributed by atoms with Crippen LogP contribution >= 0.6 is 11.7 Å². The normalized spacial score (nSPS) is 20.6. The zero-order valence-electron chi connectivity index (χ0n) is 17.0. The van der Waals surface area contributed by atoms with Gasteiger partial charge in [-0.05, 0) is 28.8 Å². The van der Waals surface area contributed by atoms with E-state index < -0.39 is 5.92 Å². The van der Waals surface area contributed by atoms with E-state index in [1.807, 2.05) is 54.4 Å². The van der Waals surface area contributed by atoms with Crippen molar-refractivity contribution in [2.45, 2.75) is 12.3 Å². The molecule has 2 heterocycles. The van der Waals surface area contributed by atoms with Gasteiger partial charge in [-0.1, -0.05) is 36.9 Å². The number of Topliss-reactive ketones (excluding diaryl/α,β-unsaturated/α-hetero) is 1. The molecule has 0 spiro atoms. The van der Waals surface area contributed by atoms with Crippen LogP contribution in [-0.2, 0) is 4.79 Å². The average molecular weight is 427 g/mol. The number of amides is 1. The van der Waals surface area contributed by atoms with E-state index >= 15 is 0 Å². The van der Waals surface area contributed by atoms with E-state index in [0.29, 0.717) is 29.0 Å². The molecule has 3 aromatic rings. The summed E-state index contributed by atoms with van der Waals surface area (Å²) in [4.78, 5) is 30.6. The standard InChI is InChI=1S/C24H18N4O2S/c1-12-27(2)19-11-16-14-6-4-5-7-15(14)23(29)21(16)20(22(19)24(30)28(12)3)13-8-9-17-18(10-13)26-31-25-17/h4-10,20H,1,11H2,2-3H3. The van der Waals surface area contributed by atoms with Crippen LogP contribution in [0.1, 0.15) is 33.8 Å². The van der Waals surface area contributed by atoms with Crippen molar-refractivity contribution in [3.63, 3.8) is 0 Å². The van der Waals surface area contributed by atoms with E-state index in [1.54, 1.807) is 11.9 Å². The van der Waals surface area contributed by atoms with Gasteiger partial charge < -0.3 is 4.90 Å². The second kappa shape index (κ2) is 6.21. The van der Waals surface area contributed by atoms with Gasteiger partial charge in [0.25, 0.3) is 5.91 Å². The number of nitrogens with zero attached hydrogens (tertiary/aromatic N) is 4. The summed E-state index contributed by atoms with van der Waals surface area (Å²) in [5.74, 6) is 0.0506. The fourth-order valence-electron chi connectivity index (χ4n) is 4.98. The average Bonchev–Trinajstić information content (AvgIpc) is 3.37. The first-order valence-electron chi connectivity index (χ1n) is 10.0. The van der Waals surface area contributed by atoms with Crippen molar-refractivity contribution in [2.75, 3.05) is 14.1 Å². The minimum Gasteiger partial charge on any atom is -0.334 e. The van der Waals surface area contributed by atoms with Crippen molar-refractivity contribution in [1.82, 2.24) is 18.5 Å². The molecule has 3 aliphatic rings. The lowest BCUT2D eigenvalue weighted by Crippen LogP contribution is -2.44. The van der Waals surface area contributed by atoms with Crippen LogP contribution in [0.5, 0.6) is 0 Å². The SMILES string of the molecule is C=C1N(C)C(=O)C2=C(CC3=C(C(=O)c4ccccc43)C2c2ccc3nsnc3c2)N1C. The molecule has 0 radical (unpaired) electrons. The second-order valence-electron chi connectivity index (χ2n) is 8.09. The highest BCUT2D eigenvalue weighted by molar-refractivity contribution is 7.00. The lowest BCUT2D eigenvalue weighted by molar-refractivity contribution is -0.126. The lowest BCUT2D eigenvalue weighted by Gasteiger charge is -2.42. The second-order valence-corrected chi connectivity index (χ2v) is 8.62. The first kappa shape index (κ1) is 18.2. The molecule has 152 valence electrons. The van der Waals surface area contributed by atoms with Crippen molar-refractivity contribution < 1.29 is 9.59 Å². The van der Waals surface area contributed by atoms with E-state index in [0.717, 1.165) is 45.2 Å². The molecule has 1 atom stereocenters. The maximum Gasteiger partial charge on any atom is 0.257 e. The van der Waals surface area contributed by atoms with E-state index in [-0.39, 0.29) is 11.7 Å². The summed E-state index contributed by atoms with van der Waals surface area (Å²) in [7, 11) is 3.66. The monoisotopic (exact) mass is 426 g/mol. The highest BCUT2D eigenvalue weighted by Crippen LogP contribution is 2.52. The van der Waals surface area contributed by atoms with Gasteiger partial charge in [-0.3, -0.25) is 14.5 Å². The summed E-state index contributed by atoms with van der Waals surface area (Å²) in [5.41, 5.74) is 7.36. The van der Waals surface area contributed by atoms with E-state index in [2.05, 4.69) is 15.3 Å². The Morgan fingerprint density at radius 3 is 2.52 bits per heavy atom. The first-order chi connectivity index (χ1) is 15.0. The number of hydrogen-bond donors (Lipinski definition) is 0. The van der Waals surface area contributed by atoms with Crippen LogP contribution in [0.4, 0.5) is 0 Å². The smallest absolute Gasteiger partial charge is 0.257 e. The fourth-order valence-corrected chi connectivity index (χ4v) is 5.50. The molecule has 1 aromatic heterocycles. The highest BCUT2D eigenvalue weighted by atomic mass is 32.1. The third-order valence-corrected chi connectivity index (χ3v) is 7.18. The Balaban J connectivity index is 1.64. The zero-order valence-corrected chi connectivity index (χ0v) is 17.9. The van der Waals surface area contributed by atoms with Crippen LogP contribution in [-0.4, -0.2) is 44.3 Å². The number of rotatable bonds is 1. The van der Waals surface area contributed by atoms with Crippen molar-refractivity contribution in [1.29, 1.82) is 0 Å². The molecular weight excluding hydrogens is 408 g/mol. The molecule has 0 bridgehead atoms. The van der Waals surface area contributed by atoms with Crippen molar-refractivity contribution in [3.05, 3.63) is 88.4 Å². The van der Waals surface area contributed by atoms with E-state index in [9.17, 15) is 9.59 Å². The Morgan fingerprint density at radius 1 is 0.968 bits per heavy atom. The molecule has 2 aliphatic carbocycles. The van der Waals surface area contributed by atoms with E-state index in [1.165, 1.54) is 0 Å². The summed E-state index contributed by atoms with van der Waals surface area (Å²) in [6.45, 7) is 4.09. The van der Waals surface area contributed by atoms with Crippen molar-refractivity contribution in [2.24, 2.45) is 0 Å². The maximum atomic E-state index is 13.6. The van der Waals surface area contributed by atoms with Gasteiger partial charge in [0, 0.05) is 48.8 Å². The van der Waals surface area contributed by atoms with Gasteiger partial charge in [-0.25, -0.2) is 0 Å². The van der Waals surface area contributed by atoms with Gasteiger partial charge in [0.1, 0.15) is 16.9 Å². The molecule has 0 saturated carbocycles. The minimum atomic E-state index is -0.463. The molecule has 0 saturated heterocycles. The molecule has 6 nitrogen and oxygen atoms in total. The Morgan fingerprint density at radius 2 is 1.71 bits per heavy atom. The summed E-state index contributed by atoms with van der Waals surface area (Å²) in [6, 6.07) is 13.5. The van der Waals surface area contributed by atoms with Gasteiger partial charge in [0.05, 0.1) is 11.7 Å². The number of likely N-dealkylation sites (N-methyl/N-ethyl adjacent to an activating group) is 1. The lowest BCUT2D eigenvalue weighted by atomic mass is 9.74. The van der Waals surface area contributed by atoms with Crippen LogP contribution in [0.3, 0.4) is 0 Å². The molecule has 7 heteroatoms. The summed E-state index contributed by atoms with van der Waals surface area (Å²) >= 11 is 1.16. The predicted molar refractivity (Wildman–Crippen MR) is 119 cm³/mol. The Hall–Kier alpha value is -3.58. The molecule has 0 fully saturated rings. The van der Waals surface area contributed by atoms with Crippen LogP contribution in [0.15, 0.2) is 71.7 Å². The van der Waals surface area contributed by atoms with Crippen molar-refractivity contribution >= 4 is 40.0 Å². The van der Waals surface area contributed by atoms with Gasteiger partial charge in [0.2, 0.25) is 0 Å². The number of hydrogen-bond acceptors (Lipinski definition) is 6. The van der Waals surface area contributed by atoms with Crippen LogP contribution in [0.2, 0.25) is 0 Å². The number of benzene rings is 2. The number of aromatic nitrogens is 2. The van der Waals surface area contributed by atoms with Gasteiger partial charge in [0.15, 0.2) is 5.78 Å². The quantitative estimate of drug-likeness (QED) is 0.589. The fraction of sp³-hybridized carbons (Fsp3) is 0.167. The third-order valence-electron chi connectivity index (χ3n) is 6.62. The van der Waals surface area contributed by atoms with E-state index in [4.69, 9.17) is 0 Å². The molecule has 0 N–H and O–H groups in total. The molecule has 6 rings (SSSR count). The molecule has 31 heavy (non-hydrogen) atoms. The number of allylic oxidation sites excluding steroid dienone is 2. The Kier molecular flexibility index (Phi) is 3.65. The zero-order chi connectivity index (χ0) is 21.4. The van der Waals surface area contributed by atoms with Crippen molar-refractivity contribution in [3.8, 4) is 0 Å². The molecular formula is C24H18N4O2S. The van der Waals surface area contributed by atoms with Gasteiger partial charge in [-0.2, -0.15) is 8.75 Å². The first-order valence-corrected chi connectivity index (χ1v) is 10.7. The minimum absolute atomic E-state index is 0.00107. The predicted octanol–water partition coefficient (Wildman–Crippen LogP) is 3.96. The molecule has 1 unspecified atom stereocenters. The Bertz CT molecular complexity index is 1410. The number of carbonyl (C=O) groups excluding carboxylic acids is 2. The third kappa shape index (κ3) is 2.32. The maximum absolute atomic E-state index is 13.6. The molecule has 1 aliphatic heterocycles. The number of ketones is 1.